The molecule has 1 aliphatic rings. The second-order valence-corrected chi connectivity index (χ2v) is 5.14. The number of hydrogen-bond donors (Lipinski definition) is 1. The van der Waals surface area contributed by atoms with Gasteiger partial charge in [-0.05, 0) is 25.6 Å². The van der Waals surface area contributed by atoms with Crippen molar-refractivity contribution in [2.45, 2.75) is 18.2 Å². The second kappa shape index (κ2) is 6.33. The van der Waals surface area contributed by atoms with Crippen molar-refractivity contribution < 1.29 is 9.15 Å². The maximum absolute atomic E-state index is 5.42. The minimum Gasteiger partial charge on any atom is -0.468 e. The molecule has 0 spiro atoms. The van der Waals surface area contributed by atoms with Crippen molar-refractivity contribution in [1.29, 1.82) is 0 Å². The molecule has 2 atom stereocenters. The Bertz CT molecular complexity index is 283. The Kier molecular flexibility index (Phi) is 4.75. The summed E-state index contributed by atoms with van der Waals surface area (Å²) in [7, 11) is 2.04. The van der Waals surface area contributed by atoms with Crippen LogP contribution in [-0.4, -0.2) is 32.1 Å². The molecule has 1 aromatic heterocycles. The number of hydrogen-bond acceptors (Lipinski definition) is 4. The Morgan fingerprint density at radius 2 is 2.56 bits per heavy atom. The van der Waals surface area contributed by atoms with Gasteiger partial charge in [-0.3, -0.25) is 0 Å². The SMILES string of the molecule is CNC(CSCc1ccco1)C1CCOC1. The summed E-state index contributed by atoms with van der Waals surface area (Å²) in [5.41, 5.74) is 0. The van der Waals surface area contributed by atoms with Crippen molar-refractivity contribution in [2.75, 3.05) is 26.0 Å². The van der Waals surface area contributed by atoms with Crippen molar-refractivity contribution in [3.63, 3.8) is 0 Å². The quantitative estimate of drug-likeness (QED) is 0.827. The summed E-state index contributed by atoms with van der Waals surface area (Å²) in [4.78, 5) is 0. The highest BCUT2D eigenvalue weighted by atomic mass is 32.2. The van der Waals surface area contributed by atoms with Crippen LogP contribution in [0, 0.1) is 5.92 Å². The van der Waals surface area contributed by atoms with E-state index in [1.807, 2.05) is 30.9 Å². The molecule has 0 aromatic carbocycles. The van der Waals surface area contributed by atoms with Gasteiger partial charge in [0.05, 0.1) is 18.6 Å². The highest BCUT2D eigenvalue weighted by molar-refractivity contribution is 7.98. The number of ether oxygens (including phenoxy) is 1. The Labute approximate surface area is 101 Å². The molecule has 1 fully saturated rings. The minimum atomic E-state index is 0.558. The molecule has 0 radical (unpaired) electrons. The molecule has 2 heterocycles. The zero-order chi connectivity index (χ0) is 11.2. The van der Waals surface area contributed by atoms with Gasteiger partial charge in [-0.2, -0.15) is 11.8 Å². The largest absolute Gasteiger partial charge is 0.468 e. The molecule has 1 N–H and O–H groups in total. The van der Waals surface area contributed by atoms with Crippen molar-refractivity contribution in [3.05, 3.63) is 24.2 Å². The van der Waals surface area contributed by atoms with Crippen LogP contribution in [0.25, 0.3) is 0 Å². The molecule has 1 saturated heterocycles. The van der Waals surface area contributed by atoms with E-state index < -0.39 is 0 Å². The molecule has 2 unspecified atom stereocenters. The molecule has 0 bridgehead atoms. The average Bonchev–Trinajstić information content (AvgIpc) is 2.96. The van der Waals surface area contributed by atoms with Crippen molar-refractivity contribution in [1.82, 2.24) is 5.32 Å². The fraction of sp³-hybridized carbons (Fsp3) is 0.667. The van der Waals surface area contributed by atoms with E-state index in [4.69, 9.17) is 9.15 Å². The van der Waals surface area contributed by atoms with Gasteiger partial charge in [-0.25, -0.2) is 0 Å². The van der Waals surface area contributed by atoms with Crippen LogP contribution >= 0.6 is 11.8 Å². The third kappa shape index (κ3) is 3.27. The van der Waals surface area contributed by atoms with E-state index in [-0.39, 0.29) is 0 Å². The molecule has 3 nitrogen and oxygen atoms in total. The third-order valence-corrected chi connectivity index (χ3v) is 4.11. The highest BCUT2D eigenvalue weighted by Gasteiger charge is 2.24. The van der Waals surface area contributed by atoms with Gasteiger partial charge < -0.3 is 14.5 Å². The summed E-state index contributed by atoms with van der Waals surface area (Å²) in [5.74, 6) is 3.81. The molecule has 0 aliphatic carbocycles. The lowest BCUT2D eigenvalue weighted by Crippen LogP contribution is -2.36. The zero-order valence-electron chi connectivity index (χ0n) is 9.65. The normalized spacial score (nSPS) is 22.4. The fourth-order valence-electron chi connectivity index (χ4n) is 2.01. The van der Waals surface area contributed by atoms with Crippen LogP contribution in [0.2, 0.25) is 0 Å². The first-order valence-electron chi connectivity index (χ1n) is 5.75. The van der Waals surface area contributed by atoms with Gasteiger partial charge >= 0.3 is 0 Å². The summed E-state index contributed by atoms with van der Waals surface area (Å²) >= 11 is 1.92. The predicted octanol–water partition coefficient (Wildman–Crippen LogP) is 2.14. The summed E-state index contributed by atoms with van der Waals surface area (Å²) in [5, 5.41) is 3.39. The summed E-state index contributed by atoms with van der Waals surface area (Å²) in [6, 6.07) is 4.53. The van der Waals surface area contributed by atoms with Crippen LogP contribution in [0.15, 0.2) is 22.8 Å². The van der Waals surface area contributed by atoms with Crippen LogP contribution in [0.5, 0.6) is 0 Å². The van der Waals surface area contributed by atoms with Gasteiger partial charge in [0, 0.05) is 24.3 Å². The van der Waals surface area contributed by atoms with E-state index >= 15 is 0 Å². The van der Waals surface area contributed by atoms with Gasteiger partial charge in [-0.15, -0.1) is 0 Å². The summed E-state index contributed by atoms with van der Waals surface area (Å²) < 4.78 is 10.7. The number of rotatable bonds is 6. The van der Waals surface area contributed by atoms with Crippen LogP contribution < -0.4 is 5.32 Å². The first-order chi connectivity index (χ1) is 7.90. The number of nitrogens with one attached hydrogen (secondary N) is 1. The fourth-order valence-corrected chi connectivity index (χ4v) is 3.18. The maximum Gasteiger partial charge on any atom is 0.113 e. The smallest absolute Gasteiger partial charge is 0.113 e. The molecular weight excluding hydrogens is 222 g/mol. The summed E-state index contributed by atoms with van der Waals surface area (Å²) in [6.45, 7) is 1.83. The second-order valence-electron chi connectivity index (χ2n) is 4.11. The molecule has 1 aromatic rings. The lowest BCUT2D eigenvalue weighted by atomic mass is 10.0. The van der Waals surface area contributed by atoms with E-state index in [1.165, 1.54) is 6.42 Å². The highest BCUT2D eigenvalue weighted by Crippen LogP contribution is 2.21. The predicted molar refractivity (Wildman–Crippen MR) is 66.6 cm³/mol. The van der Waals surface area contributed by atoms with E-state index in [9.17, 15) is 0 Å². The van der Waals surface area contributed by atoms with E-state index in [0.29, 0.717) is 12.0 Å². The Hall–Kier alpha value is -0.450. The lowest BCUT2D eigenvalue weighted by molar-refractivity contribution is 0.180. The van der Waals surface area contributed by atoms with Crippen LogP contribution in [-0.2, 0) is 10.5 Å². The van der Waals surface area contributed by atoms with Gasteiger partial charge in [0.2, 0.25) is 0 Å². The van der Waals surface area contributed by atoms with Gasteiger partial charge in [0.15, 0.2) is 0 Å². The standard InChI is InChI=1S/C12H19NO2S/c1-13-12(10-4-6-14-7-10)9-16-8-11-3-2-5-15-11/h2-3,5,10,12-13H,4,6-9H2,1H3. The molecule has 1 aliphatic heterocycles. The molecule has 2 rings (SSSR count). The molecule has 90 valence electrons. The average molecular weight is 241 g/mol. The van der Waals surface area contributed by atoms with Crippen LogP contribution in [0.3, 0.4) is 0 Å². The molecule has 16 heavy (non-hydrogen) atoms. The topological polar surface area (TPSA) is 34.4 Å². The molecule has 4 heteroatoms. The molecular formula is C12H19NO2S. The van der Waals surface area contributed by atoms with Crippen molar-refractivity contribution in [3.8, 4) is 0 Å². The molecule has 0 saturated carbocycles. The van der Waals surface area contributed by atoms with Gasteiger partial charge in [0.1, 0.15) is 5.76 Å². The van der Waals surface area contributed by atoms with E-state index in [0.717, 1.165) is 30.5 Å². The first kappa shape index (κ1) is 12.0. The van der Waals surface area contributed by atoms with E-state index in [1.54, 1.807) is 6.26 Å². The van der Waals surface area contributed by atoms with Crippen LogP contribution in [0.4, 0.5) is 0 Å². The van der Waals surface area contributed by atoms with Gasteiger partial charge in [0.25, 0.3) is 0 Å². The summed E-state index contributed by atoms with van der Waals surface area (Å²) in [6.07, 6.45) is 2.92. The van der Waals surface area contributed by atoms with E-state index in [2.05, 4.69) is 5.32 Å². The Morgan fingerprint density at radius 1 is 1.62 bits per heavy atom. The molecule has 0 amide bonds. The van der Waals surface area contributed by atoms with Gasteiger partial charge in [-0.1, -0.05) is 0 Å². The maximum atomic E-state index is 5.42. The third-order valence-electron chi connectivity index (χ3n) is 3.03. The zero-order valence-corrected chi connectivity index (χ0v) is 10.5. The first-order valence-corrected chi connectivity index (χ1v) is 6.90. The number of thioether (sulfide) groups is 1. The van der Waals surface area contributed by atoms with Crippen molar-refractivity contribution in [2.24, 2.45) is 5.92 Å². The van der Waals surface area contributed by atoms with Crippen molar-refractivity contribution >= 4 is 11.8 Å². The Morgan fingerprint density at radius 3 is 3.19 bits per heavy atom. The monoisotopic (exact) mass is 241 g/mol. The van der Waals surface area contributed by atoms with Crippen LogP contribution in [0.1, 0.15) is 12.2 Å². The lowest BCUT2D eigenvalue weighted by Gasteiger charge is -2.21. The minimum absolute atomic E-state index is 0.558. The number of furan rings is 1. The Balaban J connectivity index is 1.70.